The molecule has 3 rings (SSSR count). The van der Waals surface area contributed by atoms with Gasteiger partial charge in [-0.25, -0.2) is 4.98 Å². The molecule has 0 atom stereocenters. The fraction of sp³-hybridized carbons (Fsp3) is 0.500. The molecule has 4 nitrogen and oxygen atoms in total. The summed E-state index contributed by atoms with van der Waals surface area (Å²) in [6.07, 6.45) is 0. The zero-order valence-corrected chi connectivity index (χ0v) is 11.0. The van der Waals surface area contributed by atoms with Crippen LogP contribution in [-0.2, 0) is 0 Å². The van der Waals surface area contributed by atoms with E-state index in [9.17, 15) is 0 Å². The Hall–Kier alpha value is -1.55. The van der Waals surface area contributed by atoms with Crippen LogP contribution in [0.3, 0.4) is 0 Å². The maximum atomic E-state index is 4.80. The lowest BCUT2D eigenvalue weighted by atomic mass is 10.0. The van der Waals surface area contributed by atoms with Gasteiger partial charge >= 0.3 is 0 Å². The van der Waals surface area contributed by atoms with Crippen LogP contribution in [0.15, 0.2) is 18.2 Å². The summed E-state index contributed by atoms with van der Waals surface area (Å²) in [6.45, 7) is 8.55. The SMILES string of the molecule is CC(C)c1cccc2[nH]c(N3CCNCC3)nc12. The Kier molecular flexibility index (Phi) is 2.96. The lowest BCUT2D eigenvalue weighted by molar-refractivity contribution is 0.582. The number of hydrogen-bond donors (Lipinski definition) is 2. The number of aromatic nitrogens is 2. The van der Waals surface area contributed by atoms with Crippen molar-refractivity contribution in [2.24, 2.45) is 0 Å². The number of rotatable bonds is 2. The van der Waals surface area contributed by atoms with E-state index in [1.165, 1.54) is 5.56 Å². The van der Waals surface area contributed by atoms with E-state index in [1.807, 2.05) is 0 Å². The van der Waals surface area contributed by atoms with Crippen LogP contribution in [0.1, 0.15) is 25.3 Å². The predicted molar refractivity (Wildman–Crippen MR) is 75.3 cm³/mol. The van der Waals surface area contributed by atoms with Crippen molar-refractivity contribution in [2.45, 2.75) is 19.8 Å². The van der Waals surface area contributed by atoms with Crippen molar-refractivity contribution in [2.75, 3.05) is 31.1 Å². The summed E-state index contributed by atoms with van der Waals surface area (Å²) < 4.78 is 0. The van der Waals surface area contributed by atoms with Crippen molar-refractivity contribution in [1.82, 2.24) is 15.3 Å². The Morgan fingerprint density at radius 1 is 1.22 bits per heavy atom. The molecule has 0 spiro atoms. The van der Waals surface area contributed by atoms with E-state index >= 15 is 0 Å². The van der Waals surface area contributed by atoms with Crippen LogP contribution >= 0.6 is 0 Å². The van der Waals surface area contributed by atoms with Gasteiger partial charge in [0.15, 0.2) is 0 Å². The van der Waals surface area contributed by atoms with Gasteiger partial charge in [-0.2, -0.15) is 0 Å². The van der Waals surface area contributed by atoms with Gasteiger partial charge in [0.1, 0.15) is 0 Å². The number of fused-ring (bicyclic) bond motifs is 1. The molecule has 0 saturated carbocycles. The second kappa shape index (κ2) is 4.61. The number of piperazine rings is 1. The Labute approximate surface area is 107 Å². The second-order valence-electron chi connectivity index (χ2n) is 5.20. The van der Waals surface area contributed by atoms with Gasteiger partial charge in [-0.15, -0.1) is 0 Å². The molecular weight excluding hydrogens is 224 g/mol. The maximum absolute atomic E-state index is 4.80. The summed E-state index contributed by atoms with van der Waals surface area (Å²) in [5.41, 5.74) is 3.60. The minimum Gasteiger partial charge on any atom is -0.340 e. The molecule has 18 heavy (non-hydrogen) atoms. The minimum atomic E-state index is 0.507. The van der Waals surface area contributed by atoms with Crippen LogP contribution in [0, 0.1) is 0 Å². The van der Waals surface area contributed by atoms with E-state index in [-0.39, 0.29) is 0 Å². The minimum absolute atomic E-state index is 0.507. The Morgan fingerprint density at radius 3 is 2.72 bits per heavy atom. The largest absolute Gasteiger partial charge is 0.340 e. The molecule has 0 bridgehead atoms. The molecule has 2 N–H and O–H groups in total. The first-order valence-electron chi connectivity index (χ1n) is 6.70. The molecule has 2 heterocycles. The molecule has 0 amide bonds. The van der Waals surface area contributed by atoms with Gasteiger partial charge in [0.05, 0.1) is 11.0 Å². The number of H-pyrrole nitrogens is 1. The number of aromatic amines is 1. The molecule has 1 saturated heterocycles. The average Bonchev–Trinajstić information content (AvgIpc) is 2.83. The molecule has 1 aliphatic heterocycles. The zero-order valence-electron chi connectivity index (χ0n) is 11.0. The maximum Gasteiger partial charge on any atom is 0.203 e. The second-order valence-corrected chi connectivity index (χ2v) is 5.20. The van der Waals surface area contributed by atoms with E-state index in [1.54, 1.807) is 0 Å². The molecule has 1 aromatic heterocycles. The van der Waals surface area contributed by atoms with E-state index in [0.29, 0.717) is 5.92 Å². The normalized spacial score (nSPS) is 16.7. The predicted octanol–water partition coefficient (Wildman–Crippen LogP) is 2.10. The number of nitrogens with one attached hydrogen (secondary N) is 2. The highest BCUT2D eigenvalue weighted by atomic mass is 15.3. The Bertz CT molecular complexity index is 538. The number of imidazole rings is 1. The van der Waals surface area contributed by atoms with Crippen molar-refractivity contribution in [3.63, 3.8) is 0 Å². The fourth-order valence-corrected chi connectivity index (χ4v) is 2.53. The number of nitrogens with zero attached hydrogens (tertiary/aromatic N) is 2. The number of anilines is 1. The highest BCUT2D eigenvalue weighted by Gasteiger charge is 2.16. The number of benzene rings is 1. The van der Waals surface area contributed by atoms with Crippen LogP contribution in [0.25, 0.3) is 11.0 Å². The van der Waals surface area contributed by atoms with E-state index in [4.69, 9.17) is 4.98 Å². The highest BCUT2D eigenvalue weighted by molar-refractivity contribution is 5.81. The topological polar surface area (TPSA) is 44.0 Å². The monoisotopic (exact) mass is 244 g/mol. The van der Waals surface area contributed by atoms with Gasteiger partial charge in [0, 0.05) is 26.2 Å². The average molecular weight is 244 g/mol. The fourth-order valence-electron chi connectivity index (χ4n) is 2.53. The molecule has 1 aliphatic rings. The first kappa shape index (κ1) is 11.5. The summed E-state index contributed by atoms with van der Waals surface area (Å²) in [4.78, 5) is 10.6. The van der Waals surface area contributed by atoms with Gasteiger partial charge in [-0.05, 0) is 17.5 Å². The molecule has 96 valence electrons. The molecule has 0 unspecified atom stereocenters. The van der Waals surface area contributed by atoms with Crippen molar-refractivity contribution in [3.05, 3.63) is 23.8 Å². The highest BCUT2D eigenvalue weighted by Crippen LogP contribution is 2.26. The van der Waals surface area contributed by atoms with Crippen molar-refractivity contribution >= 4 is 17.0 Å². The third-order valence-electron chi connectivity index (χ3n) is 3.57. The standard InChI is InChI=1S/C14H20N4/c1-10(2)11-4-3-5-12-13(11)17-14(16-12)18-8-6-15-7-9-18/h3-5,10,15H,6-9H2,1-2H3,(H,16,17). The van der Waals surface area contributed by atoms with Gasteiger partial charge in [0.25, 0.3) is 0 Å². The van der Waals surface area contributed by atoms with Crippen LogP contribution in [-0.4, -0.2) is 36.1 Å². The van der Waals surface area contributed by atoms with Gasteiger partial charge in [-0.1, -0.05) is 26.0 Å². The van der Waals surface area contributed by atoms with Crippen molar-refractivity contribution in [3.8, 4) is 0 Å². The number of para-hydroxylation sites is 1. The third kappa shape index (κ3) is 1.97. The van der Waals surface area contributed by atoms with E-state index in [0.717, 1.165) is 43.2 Å². The van der Waals surface area contributed by atoms with Gasteiger partial charge < -0.3 is 15.2 Å². The quantitative estimate of drug-likeness (QED) is 0.850. The van der Waals surface area contributed by atoms with Crippen LogP contribution in [0.4, 0.5) is 5.95 Å². The smallest absolute Gasteiger partial charge is 0.203 e. The third-order valence-corrected chi connectivity index (χ3v) is 3.57. The first-order valence-corrected chi connectivity index (χ1v) is 6.70. The zero-order chi connectivity index (χ0) is 12.5. The van der Waals surface area contributed by atoms with E-state index < -0.39 is 0 Å². The molecule has 4 heteroatoms. The van der Waals surface area contributed by atoms with Crippen LogP contribution < -0.4 is 10.2 Å². The summed E-state index contributed by atoms with van der Waals surface area (Å²) in [5.74, 6) is 1.52. The lowest BCUT2D eigenvalue weighted by Gasteiger charge is -2.26. The lowest BCUT2D eigenvalue weighted by Crippen LogP contribution is -2.44. The van der Waals surface area contributed by atoms with Gasteiger partial charge in [0.2, 0.25) is 5.95 Å². The molecular formula is C14H20N4. The Morgan fingerprint density at radius 2 is 2.00 bits per heavy atom. The molecule has 1 fully saturated rings. The van der Waals surface area contributed by atoms with Crippen molar-refractivity contribution in [1.29, 1.82) is 0 Å². The number of hydrogen-bond acceptors (Lipinski definition) is 3. The first-order chi connectivity index (χ1) is 8.75. The van der Waals surface area contributed by atoms with Crippen LogP contribution in [0.5, 0.6) is 0 Å². The molecule has 1 aromatic carbocycles. The van der Waals surface area contributed by atoms with E-state index in [2.05, 4.69) is 47.2 Å². The summed E-state index contributed by atoms with van der Waals surface area (Å²) in [5, 5.41) is 3.36. The van der Waals surface area contributed by atoms with Crippen molar-refractivity contribution < 1.29 is 0 Å². The summed E-state index contributed by atoms with van der Waals surface area (Å²) >= 11 is 0. The molecule has 0 radical (unpaired) electrons. The molecule has 2 aromatic rings. The summed E-state index contributed by atoms with van der Waals surface area (Å²) in [7, 11) is 0. The molecule has 0 aliphatic carbocycles. The Balaban J connectivity index is 2.02. The summed E-state index contributed by atoms with van der Waals surface area (Å²) in [6, 6.07) is 6.40. The van der Waals surface area contributed by atoms with Crippen LogP contribution in [0.2, 0.25) is 0 Å². The van der Waals surface area contributed by atoms with Gasteiger partial charge in [-0.3, -0.25) is 0 Å².